The van der Waals surface area contributed by atoms with E-state index in [-0.39, 0.29) is 0 Å². The van der Waals surface area contributed by atoms with Crippen molar-refractivity contribution in [2.75, 3.05) is 0 Å². The Morgan fingerprint density at radius 3 is 2.62 bits per heavy atom. The molecule has 0 aromatic carbocycles. The Labute approximate surface area is 103 Å². The molecule has 0 atom stereocenters. The molecule has 4 nitrogen and oxygen atoms in total. The summed E-state index contributed by atoms with van der Waals surface area (Å²) >= 11 is 3.26. The predicted octanol–water partition coefficient (Wildman–Crippen LogP) is 3.12. The zero-order chi connectivity index (χ0) is 12.3. The Hall–Kier alpha value is -1.10. The van der Waals surface area contributed by atoms with Crippen LogP contribution < -0.4 is 0 Å². The van der Waals surface area contributed by atoms with Crippen LogP contribution in [0.25, 0.3) is 0 Å². The van der Waals surface area contributed by atoms with Gasteiger partial charge < -0.3 is 5.11 Å². The Morgan fingerprint density at radius 1 is 1.56 bits per heavy atom. The van der Waals surface area contributed by atoms with E-state index in [2.05, 4.69) is 20.9 Å². The minimum Gasteiger partial charge on any atom is -0.465 e. The molecule has 0 spiro atoms. The van der Waals surface area contributed by atoms with Gasteiger partial charge in [-0.05, 0) is 54.4 Å². The van der Waals surface area contributed by atoms with Gasteiger partial charge in [-0.25, -0.2) is 9.78 Å². The van der Waals surface area contributed by atoms with E-state index in [1.807, 2.05) is 32.9 Å². The molecule has 1 amide bonds. The summed E-state index contributed by atoms with van der Waals surface area (Å²) in [5.74, 6) is 0. The summed E-state index contributed by atoms with van der Waals surface area (Å²) in [6, 6.07) is 3.63. The Kier molecular flexibility index (Phi) is 3.91. The molecule has 0 aliphatic rings. The molecule has 5 heteroatoms. The second kappa shape index (κ2) is 4.82. The van der Waals surface area contributed by atoms with Gasteiger partial charge in [-0.1, -0.05) is 0 Å². The van der Waals surface area contributed by atoms with Gasteiger partial charge in [-0.15, -0.1) is 0 Å². The summed E-state index contributed by atoms with van der Waals surface area (Å²) in [4.78, 5) is 16.5. The highest BCUT2D eigenvalue weighted by Crippen LogP contribution is 2.18. The zero-order valence-corrected chi connectivity index (χ0v) is 11.2. The number of halogens is 1. The molecule has 0 saturated carbocycles. The lowest BCUT2D eigenvalue weighted by Crippen LogP contribution is -2.44. The van der Waals surface area contributed by atoms with Gasteiger partial charge in [0.05, 0.1) is 0 Å². The number of rotatable bonds is 2. The molecule has 0 radical (unpaired) electrons. The molecule has 16 heavy (non-hydrogen) atoms. The van der Waals surface area contributed by atoms with Crippen molar-refractivity contribution >= 4 is 22.0 Å². The maximum absolute atomic E-state index is 11.1. The van der Waals surface area contributed by atoms with Crippen LogP contribution in [0.3, 0.4) is 0 Å². The topological polar surface area (TPSA) is 53.4 Å². The monoisotopic (exact) mass is 286 g/mol. The van der Waals surface area contributed by atoms with Crippen LogP contribution in [0.1, 0.15) is 26.3 Å². The minimum atomic E-state index is -0.916. The number of carboxylic acid groups (broad SMARTS) is 1. The highest BCUT2D eigenvalue weighted by atomic mass is 79.9. The lowest BCUT2D eigenvalue weighted by molar-refractivity contribution is 0.0955. The van der Waals surface area contributed by atoms with E-state index in [4.69, 9.17) is 5.11 Å². The van der Waals surface area contributed by atoms with Gasteiger partial charge in [0.25, 0.3) is 0 Å². The third kappa shape index (κ3) is 3.48. The van der Waals surface area contributed by atoms with Gasteiger partial charge in [-0.2, -0.15) is 0 Å². The van der Waals surface area contributed by atoms with E-state index in [1.165, 1.54) is 4.90 Å². The molecular weight excluding hydrogens is 272 g/mol. The van der Waals surface area contributed by atoms with Gasteiger partial charge in [0.15, 0.2) is 0 Å². The fourth-order valence-corrected chi connectivity index (χ4v) is 1.73. The standard InChI is InChI=1S/C11H15BrN2O2/c1-11(2,3)14(10(15)16)7-8-4-5-13-9(12)6-8/h4-6H,7H2,1-3H3,(H,15,16). The summed E-state index contributed by atoms with van der Waals surface area (Å²) in [6.45, 7) is 5.98. The molecular formula is C11H15BrN2O2. The predicted molar refractivity (Wildman–Crippen MR) is 65.3 cm³/mol. The van der Waals surface area contributed by atoms with Crippen LogP contribution in [-0.4, -0.2) is 26.6 Å². The molecule has 0 unspecified atom stereocenters. The first-order valence-corrected chi connectivity index (χ1v) is 5.71. The fraction of sp³-hybridized carbons (Fsp3) is 0.455. The van der Waals surface area contributed by atoms with Gasteiger partial charge in [0.1, 0.15) is 4.60 Å². The van der Waals surface area contributed by atoms with Crippen molar-refractivity contribution in [2.24, 2.45) is 0 Å². The van der Waals surface area contributed by atoms with Crippen LogP contribution in [0.5, 0.6) is 0 Å². The second-order valence-electron chi connectivity index (χ2n) is 4.53. The number of aromatic nitrogens is 1. The first-order valence-electron chi connectivity index (χ1n) is 4.91. The van der Waals surface area contributed by atoms with Crippen LogP contribution in [0.4, 0.5) is 4.79 Å². The van der Waals surface area contributed by atoms with E-state index in [0.717, 1.165) is 5.56 Å². The third-order valence-corrected chi connectivity index (χ3v) is 2.61. The largest absolute Gasteiger partial charge is 0.465 e. The highest BCUT2D eigenvalue weighted by molar-refractivity contribution is 9.10. The summed E-state index contributed by atoms with van der Waals surface area (Å²) in [5, 5.41) is 9.14. The molecule has 1 N–H and O–H groups in total. The number of carbonyl (C=O) groups is 1. The number of hydrogen-bond donors (Lipinski definition) is 1. The maximum atomic E-state index is 11.1. The molecule has 1 heterocycles. The lowest BCUT2D eigenvalue weighted by atomic mass is 10.1. The summed E-state index contributed by atoms with van der Waals surface area (Å²) in [6.07, 6.45) is 0.739. The normalized spacial score (nSPS) is 11.2. The molecule has 0 saturated heterocycles. The zero-order valence-electron chi connectivity index (χ0n) is 9.57. The maximum Gasteiger partial charge on any atom is 0.408 e. The van der Waals surface area contributed by atoms with Crippen molar-refractivity contribution in [3.05, 3.63) is 28.5 Å². The number of amides is 1. The average molecular weight is 287 g/mol. The van der Waals surface area contributed by atoms with Crippen LogP contribution in [0.2, 0.25) is 0 Å². The Morgan fingerprint density at radius 2 is 2.19 bits per heavy atom. The van der Waals surface area contributed by atoms with Crippen LogP contribution in [-0.2, 0) is 6.54 Å². The number of nitrogens with zero attached hydrogens (tertiary/aromatic N) is 2. The smallest absolute Gasteiger partial charge is 0.408 e. The molecule has 0 aliphatic carbocycles. The van der Waals surface area contributed by atoms with Crippen LogP contribution in [0.15, 0.2) is 22.9 Å². The van der Waals surface area contributed by atoms with E-state index in [1.54, 1.807) is 6.20 Å². The van der Waals surface area contributed by atoms with Crippen molar-refractivity contribution in [3.8, 4) is 0 Å². The number of pyridine rings is 1. The van der Waals surface area contributed by atoms with Crippen LogP contribution >= 0.6 is 15.9 Å². The van der Waals surface area contributed by atoms with E-state index in [9.17, 15) is 4.79 Å². The quantitative estimate of drug-likeness (QED) is 0.850. The molecule has 1 rings (SSSR count). The van der Waals surface area contributed by atoms with E-state index < -0.39 is 11.6 Å². The third-order valence-electron chi connectivity index (χ3n) is 2.17. The first-order chi connectivity index (χ1) is 7.30. The first kappa shape index (κ1) is 13.0. The number of hydrogen-bond acceptors (Lipinski definition) is 2. The average Bonchev–Trinajstić information content (AvgIpc) is 2.12. The van der Waals surface area contributed by atoms with Crippen molar-refractivity contribution in [3.63, 3.8) is 0 Å². The molecule has 0 fully saturated rings. The van der Waals surface area contributed by atoms with Crippen molar-refractivity contribution in [2.45, 2.75) is 32.9 Å². The Balaban J connectivity index is 2.89. The van der Waals surface area contributed by atoms with Gasteiger partial charge >= 0.3 is 6.09 Å². The van der Waals surface area contributed by atoms with E-state index in [0.29, 0.717) is 11.1 Å². The summed E-state index contributed by atoms with van der Waals surface area (Å²) < 4.78 is 0.712. The van der Waals surface area contributed by atoms with Gasteiger partial charge in [0.2, 0.25) is 0 Å². The van der Waals surface area contributed by atoms with Gasteiger partial charge in [0, 0.05) is 18.3 Å². The SMILES string of the molecule is CC(C)(C)N(Cc1ccnc(Br)c1)C(=O)O. The molecule has 0 bridgehead atoms. The van der Waals surface area contributed by atoms with Crippen molar-refractivity contribution in [1.82, 2.24) is 9.88 Å². The Bertz CT molecular complexity index is 388. The lowest BCUT2D eigenvalue weighted by Gasteiger charge is -2.33. The van der Waals surface area contributed by atoms with Crippen molar-refractivity contribution in [1.29, 1.82) is 0 Å². The van der Waals surface area contributed by atoms with Crippen molar-refractivity contribution < 1.29 is 9.90 Å². The molecule has 1 aromatic rings. The molecule has 0 aliphatic heterocycles. The fourth-order valence-electron chi connectivity index (χ4n) is 1.32. The van der Waals surface area contributed by atoms with E-state index >= 15 is 0 Å². The second-order valence-corrected chi connectivity index (χ2v) is 5.34. The van der Waals surface area contributed by atoms with Gasteiger partial charge in [-0.3, -0.25) is 4.90 Å². The van der Waals surface area contributed by atoms with Crippen LogP contribution in [0, 0.1) is 0 Å². The summed E-state index contributed by atoms with van der Waals surface area (Å²) in [5.41, 5.74) is 0.501. The highest BCUT2D eigenvalue weighted by Gasteiger charge is 2.25. The summed E-state index contributed by atoms with van der Waals surface area (Å²) in [7, 11) is 0. The minimum absolute atomic E-state index is 0.361. The molecule has 1 aromatic heterocycles. The molecule has 88 valence electrons.